The molecule has 0 radical (unpaired) electrons. The summed E-state index contributed by atoms with van der Waals surface area (Å²) < 4.78 is 4.82. The van der Waals surface area contributed by atoms with Gasteiger partial charge in [0, 0.05) is 0 Å². The average Bonchev–Trinajstić information content (AvgIpc) is 1.65. The van der Waals surface area contributed by atoms with E-state index < -0.39 is 0 Å². The topological polar surface area (TPSA) is 9.23 Å². The first-order chi connectivity index (χ1) is 2.81. The summed E-state index contributed by atoms with van der Waals surface area (Å²) in [5, 5.41) is 0. The second kappa shape index (κ2) is 3.67. The first-order valence-corrected chi connectivity index (χ1v) is 2.64. The first kappa shape index (κ1) is 6.49. The summed E-state index contributed by atoms with van der Waals surface area (Å²) in [6, 6.07) is 0. The van der Waals surface area contributed by atoms with E-state index in [9.17, 15) is 0 Å². The predicted molar refractivity (Wildman–Crippen MR) is 26.6 cm³/mol. The van der Waals surface area contributed by atoms with Gasteiger partial charge in [0.1, 0.15) is 0 Å². The second-order valence-electron chi connectivity index (χ2n) is 1.35. The third-order valence-corrected chi connectivity index (χ3v) is 1.27. The third kappa shape index (κ3) is 2.72. The summed E-state index contributed by atoms with van der Waals surface area (Å²) in [6.07, 6.45) is 1.48. The Morgan fingerprint density at radius 2 is 2.33 bits per heavy atom. The van der Waals surface area contributed by atoms with Crippen molar-refractivity contribution in [3.8, 4) is 0 Å². The van der Waals surface area contributed by atoms with Crippen molar-refractivity contribution in [1.29, 1.82) is 0 Å². The summed E-state index contributed by atoms with van der Waals surface area (Å²) in [5.41, 5.74) is 0. The molecule has 0 fully saturated rings. The fraction of sp³-hybridized carbons (Fsp3) is 1.00. The molecule has 1 unspecified atom stereocenters. The van der Waals surface area contributed by atoms with Gasteiger partial charge in [-0.25, -0.2) is 0 Å². The molecule has 0 rings (SSSR count). The van der Waals surface area contributed by atoms with Crippen LogP contribution in [0.4, 0.5) is 0 Å². The normalized spacial score (nSPS) is 14.7. The minimum absolute atomic E-state index is 0.398. The Labute approximate surface area is 47.4 Å². The molecule has 0 saturated heterocycles. The molecule has 2 heteroatoms. The zero-order chi connectivity index (χ0) is 4.99. The van der Waals surface area contributed by atoms with Gasteiger partial charge in [-0.1, -0.05) is 0 Å². The molecule has 0 aliphatic carbocycles. The average molecular weight is 100 g/mol. The van der Waals surface area contributed by atoms with Gasteiger partial charge in [0.2, 0.25) is 0 Å². The Bertz CT molecular complexity index is 26.7. The summed E-state index contributed by atoms with van der Waals surface area (Å²) in [5.74, 6) is 0. The van der Waals surface area contributed by atoms with E-state index in [2.05, 4.69) is 23.5 Å². The van der Waals surface area contributed by atoms with Crippen LogP contribution in [0.1, 0.15) is 20.3 Å². The van der Waals surface area contributed by atoms with Gasteiger partial charge in [0.05, 0.1) is 0 Å². The molecule has 0 aliphatic rings. The molecular weight excluding hydrogens is 91.0 g/mol. The van der Waals surface area contributed by atoms with Crippen LogP contribution < -0.4 is 0 Å². The van der Waals surface area contributed by atoms with Gasteiger partial charge in [-0.05, 0) is 0 Å². The molecule has 32 valence electrons. The Balaban J connectivity index is 2.75. The van der Waals surface area contributed by atoms with Gasteiger partial charge in [-0.15, -0.1) is 0 Å². The minimum atomic E-state index is 0.398. The van der Waals surface area contributed by atoms with Crippen LogP contribution in [-0.4, -0.2) is 22.7 Å². The number of hydrogen-bond donors (Lipinski definition) is 0. The monoisotopic (exact) mass is 100 g/mol. The van der Waals surface area contributed by atoms with Crippen LogP contribution in [0.2, 0.25) is 0 Å². The molecule has 0 bridgehead atoms. The molecule has 0 saturated carbocycles. The molecule has 1 atom stereocenters. The zero-order valence-electron chi connectivity index (χ0n) is 4.27. The second-order valence-corrected chi connectivity index (χ2v) is 1.63. The molecule has 0 amide bonds. The first-order valence-electron chi connectivity index (χ1n) is 2.16. The summed E-state index contributed by atoms with van der Waals surface area (Å²) in [7, 11) is 0. The molecule has 0 aromatic heterocycles. The van der Waals surface area contributed by atoms with Crippen LogP contribution >= 0.6 is 0 Å². The van der Waals surface area contributed by atoms with Crippen molar-refractivity contribution in [2.24, 2.45) is 0 Å². The van der Waals surface area contributed by atoms with Gasteiger partial charge >= 0.3 is 46.8 Å². The van der Waals surface area contributed by atoms with Gasteiger partial charge in [-0.3, -0.25) is 0 Å². The molecule has 0 spiro atoms. The van der Waals surface area contributed by atoms with E-state index in [0.29, 0.717) is 6.10 Å². The summed E-state index contributed by atoms with van der Waals surface area (Å²) in [4.78, 5) is 0. The molecule has 0 aromatic rings. The Morgan fingerprint density at radius 1 is 1.83 bits per heavy atom. The van der Waals surface area contributed by atoms with E-state index in [1.807, 2.05) is 6.92 Å². The van der Waals surface area contributed by atoms with Gasteiger partial charge < -0.3 is 0 Å². The fourth-order valence-electron chi connectivity index (χ4n) is 0.0962. The number of rotatable bonds is 2. The SMILES string of the molecule is CCC(C)[O][Al+2]. The molecule has 1 nitrogen and oxygen atoms in total. The van der Waals surface area contributed by atoms with Crippen molar-refractivity contribution >= 4 is 16.6 Å². The molecule has 0 N–H and O–H groups in total. The van der Waals surface area contributed by atoms with Crippen molar-refractivity contribution < 1.29 is 3.79 Å². The van der Waals surface area contributed by atoms with Crippen molar-refractivity contribution in [2.45, 2.75) is 26.4 Å². The van der Waals surface area contributed by atoms with Crippen LogP contribution in [0.25, 0.3) is 0 Å². The van der Waals surface area contributed by atoms with E-state index >= 15 is 0 Å². The Kier molecular flexibility index (Phi) is 3.98. The van der Waals surface area contributed by atoms with Crippen molar-refractivity contribution in [2.75, 3.05) is 0 Å². The molecule has 0 aliphatic heterocycles. The summed E-state index contributed by atoms with van der Waals surface area (Å²) in [6.45, 7) is 4.13. The maximum absolute atomic E-state index is 4.82. The third-order valence-electron chi connectivity index (χ3n) is 0.807. The molecular formula is C4H9AlO+2. The summed E-state index contributed by atoms with van der Waals surface area (Å²) >= 11 is 2.24. The standard InChI is InChI=1S/C4H9O.Al/c1-3-4(2)5;/h4H,3H2,1-2H3;/q-1;+3. The van der Waals surface area contributed by atoms with E-state index in [1.54, 1.807) is 0 Å². The number of hydrogen-bond acceptors (Lipinski definition) is 1. The van der Waals surface area contributed by atoms with Crippen LogP contribution in [0, 0.1) is 0 Å². The van der Waals surface area contributed by atoms with Crippen LogP contribution in [-0.2, 0) is 3.79 Å². The quantitative estimate of drug-likeness (QED) is 0.468. The van der Waals surface area contributed by atoms with Crippen LogP contribution in [0.3, 0.4) is 0 Å². The Morgan fingerprint density at radius 3 is 2.33 bits per heavy atom. The van der Waals surface area contributed by atoms with Gasteiger partial charge in [-0.2, -0.15) is 0 Å². The zero-order valence-corrected chi connectivity index (χ0v) is 5.42. The van der Waals surface area contributed by atoms with E-state index in [-0.39, 0.29) is 0 Å². The van der Waals surface area contributed by atoms with E-state index in [0.717, 1.165) is 6.42 Å². The molecule has 0 heterocycles. The molecule has 0 aromatic carbocycles. The predicted octanol–water partition coefficient (Wildman–Crippen LogP) is 0.885. The van der Waals surface area contributed by atoms with Crippen molar-refractivity contribution in [3.05, 3.63) is 0 Å². The van der Waals surface area contributed by atoms with Gasteiger partial charge in [0.25, 0.3) is 0 Å². The van der Waals surface area contributed by atoms with Crippen LogP contribution in [0.15, 0.2) is 0 Å². The van der Waals surface area contributed by atoms with Crippen LogP contribution in [0.5, 0.6) is 0 Å². The fourth-order valence-corrected chi connectivity index (χ4v) is 0.289. The Hall–Kier alpha value is 0.492. The molecule has 6 heavy (non-hydrogen) atoms. The van der Waals surface area contributed by atoms with Crippen molar-refractivity contribution in [3.63, 3.8) is 0 Å². The van der Waals surface area contributed by atoms with E-state index in [1.165, 1.54) is 0 Å². The van der Waals surface area contributed by atoms with Crippen molar-refractivity contribution in [1.82, 2.24) is 0 Å². The van der Waals surface area contributed by atoms with Gasteiger partial charge in [0.15, 0.2) is 0 Å². The van der Waals surface area contributed by atoms with E-state index in [4.69, 9.17) is 3.79 Å². The maximum atomic E-state index is 4.82.